The van der Waals surface area contributed by atoms with Crippen LogP contribution in [0.1, 0.15) is 51.5 Å². The smallest absolute Gasteiger partial charge is 0.247 e. The van der Waals surface area contributed by atoms with E-state index in [1.165, 1.54) is 5.56 Å². The average Bonchev–Trinajstić information content (AvgIpc) is 3.32. The van der Waals surface area contributed by atoms with Crippen LogP contribution in [0, 0.1) is 5.92 Å². The predicted molar refractivity (Wildman–Crippen MR) is 135 cm³/mol. The van der Waals surface area contributed by atoms with Gasteiger partial charge in [0, 0.05) is 30.4 Å². The highest BCUT2D eigenvalue weighted by molar-refractivity contribution is 6.06. The summed E-state index contributed by atoms with van der Waals surface area (Å²) in [7, 11) is 0. The van der Waals surface area contributed by atoms with E-state index in [2.05, 4.69) is 55.8 Å². The van der Waals surface area contributed by atoms with Crippen LogP contribution in [0.25, 0.3) is 11.3 Å². The molecule has 1 aliphatic heterocycles. The van der Waals surface area contributed by atoms with Crippen molar-refractivity contribution in [3.05, 3.63) is 47.5 Å². The SMILES string of the molecule is CC(C)NC(=O)C1=CC(=Nc2nc3nonc3nc2N2CCC(Cc3ccccc3)CC2)CCC1. The van der Waals surface area contributed by atoms with Gasteiger partial charge in [-0.2, -0.15) is 4.98 Å². The molecule has 0 radical (unpaired) electrons. The highest BCUT2D eigenvalue weighted by Gasteiger charge is 2.25. The number of nitrogens with zero attached hydrogens (tertiary/aromatic N) is 6. The number of rotatable bonds is 6. The molecule has 5 rings (SSSR count). The van der Waals surface area contributed by atoms with Gasteiger partial charge in [0.2, 0.25) is 17.2 Å². The van der Waals surface area contributed by atoms with Crippen molar-refractivity contribution in [2.45, 2.75) is 58.4 Å². The second-order valence-electron chi connectivity index (χ2n) is 9.66. The van der Waals surface area contributed by atoms with Crippen LogP contribution in [0.5, 0.6) is 0 Å². The van der Waals surface area contributed by atoms with Gasteiger partial charge in [-0.15, -0.1) is 0 Å². The maximum Gasteiger partial charge on any atom is 0.247 e. The molecule has 0 bridgehead atoms. The quantitative estimate of drug-likeness (QED) is 0.572. The van der Waals surface area contributed by atoms with Crippen LogP contribution in [0.4, 0.5) is 11.6 Å². The Bertz CT molecular complexity index is 1240. The lowest BCUT2D eigenvalue weighted by Crippen LogP contribution is -2.35. The van der Waals surface area contributed by atoms with Crippen molar-refractivity contribution in [3.8, 4) is 0 Å². The van der Waals surface area contributed by atoms with Crippen LogP contribution in [0.2, 0.25) is 0 Å². The van der Waals surface area contributed by atoms with Crippen LogP contribution in [-0.2, 0) is 11.2 Å². The molecular formula is C26H31N7O2. The van der Waals surface area contributed by atoms with E-state index in [4.69, 9.17) is 14.6 Å². The Labute approximate surface area is 204 Å². The van der Waals surface area contributed by atoms with Gasteiger partial charge in [0.15, 0.2) is 11.6 Å². The number of carbonyl (C=O) groups excluding carboxylic acids is 1. The number of anilines is 1. The zero-order chi connectivity index (χ0) is 24.2. The highest BCUT2D eigenvalue weighted by atomic mass is 16.6. The Balaban J connectivity index is 1.38. The molecule has 2 aromatic heterocycles. The third kappa shape index (κ3) is 5.55. The molecule has 3 aromatic rings. The second-order valence-corrected chi connectivity index (χ2v) is 9.66. The largest absolute Gasteiger partial charge is 0.353 e. The van der Waals surface area contributed by atoms with E-state index < -0.39 is 0 Å². The summed E-state index contributed by atoms with van der Waals surface area (Å²) in [5.41, 5.74) is 3.69. The van der Waals surface area contributed by atoms with Crippen LogP contribution in [0.3, 0.4) is 0 Å². The van der Waals surface area contributed by atoms with E-state index in [1.807, 2.05) is 19.9 Å². The van der Waals surface area contributed by atoms with Crippen molar-refractivity contribution >= 4 is 34.5 Å². The summed E-state index contributed by atoms with van der Waals surface area (Å²) in [5.74, 6) is 1.81. The lowest BCUT2D eigenvalue weighted by molar-refractivity contribution is -0.118. The molecular weight excluding hydrogens is 442 g/mol. The maximum absolute atomic E-state index is 12.5. The molecule has 0 unspecified atom stereocenters. The molecule has 3 heterocycles. The molecule has 35 heavy (non-hydrogen) atoms. The zero-order valence-corrected chi connectivity index (χ0v) is 20.3. The summed E-state index contributed by atoms with van der Waals surface area (Å²) in [6, 6.07) is 10.8. The monoisotopic (exact) mass is 473 g/mol. The van der Waals surface area contributed by atoms with Crippen LogP contribution in [-0.4, -0.2) is 51.0 Å². The van der Waals surface area contributed by atoms with E-state index in [0.717, 1.165) is 62.9 Å². The number of fused-ring (bicyclic) bond motifs is 1. The van der Waals surface area contributed by atoms with E-state index in [-0.39, 0.29) is 11.9 Å². The van der Waals surface area contributed by atoms with Gasteiger partial charge in [-0.05, 0) is 80.2 Å². The Morgan fingerprint density at radius 2 is 1.86 bits per heavy atom. The molecule has 1 aliphatic carbocycles. The third-order valence-corrected chi connectivity index (χ3v) is 6.54. The molecule has 1 fully saturated rings. The summed E-state index contributed by atoms with van der Waals surface area (Å²) in [6.45, 7) is 5.67. The number of aromatic nitrogens is 4. The van der Waals surface area contributed by atoms with Gasteiger partial charge in [-0.1, -0.05) is 30.3 Å². The van der Waals surface area contributed by atoms with Crippen molar-refractivity contribution in [1.29, 1.82) is 0 Å². The van der Waals surface area contributed by atoms with E-state index in [9.17, 15) is 4.79 Å². The van der Waals surface area contributed by atoms with Gasteiger partial charge in [-0.25, -0.2) is 14.6 Å². The molecule has 0 atom stereocenters. The molecule has 9 nitrogen and oxygen atoms in total. The van der Waals surface area contributed by atoms with Crippen LogP contribution >= 0.6 is 0 Å². The summed E-state index contributed by atoms with van der Waals surface area (Å²) in [5, 5.41) is 10.7. The van der Waals surface area contributed by atoms with E-state index in [1.54, 1.807) is 0 Å². The summed E-state index contributed by atoms with van der Waals surface area (Å²) < 4.78 is 4.86. The Kier molecular flexibility index (Phi) is 6.83. The zero-order valence-electron chi connectivity index (χ0n) is 20.3. The first-order valence-corrected chi connectivity index (χ1v) is 12.4. The number of hydrogen-bond acceptors (Lipinski definition) is 8. The summed E-state index contributed by atoms with van der Waals surface area (Å²) in [6.07, 6.45) is 7.53. The minimum Gasteiger partial charge on any atom is -0.353 e. The fourth-order valence-electron chi connectivity index (χ4n) is 4.77. The fourth-order valence-corrected chi connectivity index (χ4v) is 4.77. The Morgan fingerprint density at radius 1 is 1.11 bits per heavy atom. The minimum atomic E-state index is -0.0321. The molecule has 0 spiro atoms. The number of hydrogen-bond donors (Lipinski definition) is 1. The fraction of sp³-hybridized carbons (Fsp3) is 0.462. The Hall–Kier alpha value is -3.62. The molecule has 0 saturated carbocycles. The summed E-state index contributed by atoms with van der Waals surface area (Å²) >= 11 is 0. The van der Waals surface area contributed by atoms with Crippen molar-refractivity contribution in [2.24, 2.45) is 10.9 Å². The number of benzene rings is 1. The topological polar surface area (TPSA) is 109 Å². The lowest BCUT2D eigenvalue weighted by Gasteiger charge is -2.33. The summed E-state index contributed by atoms with van der Waals surface area (Å²) in [4.78, 5) is 29.0. The second kappa shape index (κ2) is 10.3. The van der Waals surface area contributed by atoms with Gasteiger partial charge in [0.1, 0.15) is 0 Å². The molecule has 1 saturated heterocycles. The van der Waals surface area contributed by atoms with Gasteiger partial charge in [0.05, 0.1) is 0 Å². The number of carbonyl (C=O) groups is 1. The van der Waals surface area contributed by atoms with Gasteiger partial charge >= 0.3 is 0 Å². The highest BCUT2D eigenvalue weighted by Crippen LogP contribution is 2.32. The third-order valence-electron chi connectivity index (χ3n) is 6.54. The van der Waals surface area contributed by atoms with E-state index in [0.29, 0.717) is 28.8 Å². The number of aliphatic imine (C=N–C) groups is 1. The first kappa shape index (κ1) is 23.1. The number of piperidine rings is 1. The average molecular weight is 474 g/mol. The molecule has 182 valence electrons. The molecule has 1 N–H and O–H groups in total. The van der Waals surface area contributed by atoms with Gasteiger partial charge in [-0.3, -0.25) is 4.79 Å². The normalized spacial score (nSPS) is 18.3. The minimum absolute atomic E-state index is 0.0321. The van der Waals surface area contributed by atoms with E-state index >= 15 is 0 Å². The van der Waals surface area contributed by atoms with Crippen LogP contribution < -0.4 is 10.2 Å². The lowest BCUT2D eigenvalue weighted by atomic mass is 9.90. The first-order chi connectivity index (χ1) is 17.0. The van der Waals surface area contributed by atoms with Crippen LogP contribution in [0.15, 0.2) is 51.6 Å². The number of nitrogens with one attached hydrogen (secondary N) is 1. The number of allylic oxidation sites excluding steroid dienone is 1. The van der Waals surface area contributed by atoms with Crippen molar-refractivity contribution in [3.63, 3.8) is 0 Å². The standard InChI is InChI=1S/C26H31N7O2/c1-17(2)27-26(34)20-9-6-10-21(16-20)28-24-25(30-23-22(29-24)31-35-32-23)33-13-11-19(12-14-33)15-18-7-4-3-5-8-18/h3-5,7-8,16-17,19H,6,9-15H2,1-2H3,(H,27,34). The maximum atomic E-state index is 12.5. The predicted octanol–water partition coefficient (Wildman–Crippen LogP) is 4.18. The molecule has 9 heteroatoms. The molecule has 1 aromatic carbocycles. The molecule has 2 aliphatic rings. The Morgan fingerprint density at radius 3 is 2.60 bits per heavy atom. The number of amides is 1. The first-order valence-electron chi connectivity index (χ1n) is 12.4. The van der Waals surface area contributed by atoms with Crippen molar-refractivity contribution in [2.75, 3.05) is 18.0 Å². The van der Waals surface area contributed by atoms with Gasteiger partial charge in [0.25, 0.3) is 0 Å². The molecule has 1 amide bonds. The van der Waals surface area contributed by atoms with Gasteiger partial charge < -0.3 is 10.2 Å². The van der Waals surface area contributed by atoms with Crippen molar-refractivity contribution in [1.82, 2.24) is 25.6 Å². The van der Waals surface area contributed by atoms with Crippen molar-refractivity contribution < 1.29 is 9.42 Å².